The molecule has 8 aliphatic rings. The van der Waals surface area contributed by atoms with Gasteiger partial charge >= 0.3 is 12.1 Å². The number of alkyl carbamates (subject to hydrolysis) is 1. The summed E-state index contributed by atoms with van der Waals surface area (Å²) in [6, 6.07) is 21.4. The number of piperidine rings is 2. The molecule has 4 saturated heterocycles. The average Bonchev–Trinajstić information content (AvgIpc) is 1.64. The SMILES string of the molecule is CC[C@@H](C(=O)O)c1ccc(Cl)cc1.C[C@@H]1C[C@@H](O)c2ncnc(N3CCCCC3)c21.C[C@@H]1C[C@@H](O)c2ncnc(N3CCCCC3)c21.C[C@@H]1C[C@@H](O)c2ncnc(N3CCN(C(=O)[C@H](CN)c4ccc(Cl)cc4)CC3)c21.C[C@@H]1C[C@@H](O)c2ncnc(N3CCN(C(=O)[C@H](CNC(=O)OC(C)(C)C)c4ccc(Cl)cc4)CC3)c21. The molecule has 8 heterocycles. The van der Waals surface area contributed by atoms with Crippen LogP contribution in [0.15, 0.2) is 98.1 Å². The molecular formula is C83H109Cl3N16O10. The highest BCUT2D eigenvalue weighted by atomic mass is 35.5. The van der Waals surface area contributed by atoms with Crippen molar-refractivity contribution in [2.24, 2.45) is 5.73 Å². The number of aromatic nitrogens is 8. The van der Waals surface area contributed by atoms with E-state index in [2.05, 4.69) is 92.5 Å². The van der Waals surface area contributed by atoms with Gasteiger partial charge in [-0.25, -0.2) is 44.7 Å². The van der Waals surface area contributed by atoms with E-state index in [1.54, 1.807) is 82.0 Å². The molecule has 3 aromatic carbocycles. The number of piperazine rings is 2. The highest BCUT2D eigenvalue weighted by Gasteiger charge is 2.40. The fourth-order valence-corrected chi connectivity index (χ4v) is 17.0. The third-order valence-electron chi connectivity index (χ3n) is 22.4. The van der Waals surface area contributed by atoms with Crippen molar-refractivity contribution in [2.45, 2.75) is 197 Å². The zero-order chi connectivity index (χ0) is 80.1. The van der Waals surface area contributed by atoms with Crippen LogP contribution in [0.3, 0.4) is 0 Å². The number of ether oxygens (including phenoxy) is 1. The van der Waals surface area contributed by atoms with Crippen LogP contribution >= 0.6 is 34.8 Å². The first kappa shape index (κ1) is 84.4. The minimum Gasteiger partial charge on any atom is -0.481 e. The van der Waals surface area contributed by atoms with Gasteiger partial charge in [0.2, 0.25) is 11.8 Å². The molecule has 3 amide bonds. The Bertz CT molecular complexity index is 4230. The summed E-state index contributed by atoms with van der Waals surface area (Å²) in [4.78, 5) is 97.6. The van der Waals surface area contributed by atoms with Crippen molar-refractivity contribution >= 4 is 82.0 Å². The molecule has 4 aliphatic heterocycles. The maximum absolute atomic E-state index is 13.6. The normalized spacial score (nSPS) is 22.5. The van der Waals surface area contributed by atoms with Crippen LogP contribution in [-0.2, 0) is 19.1 Å². The third kappa shape index (κ3) is 20.5. The zero-order valence-electron chi connectivity index (χ0n) is 65.5. The zero-order valence-corrected chi connectivity index (χ0v) is 67.8. The minimum absolute atomic E-state index is 0.0474. The first-order valence-electron chi connectivity index (χ1n) is 39.6. The Balaban J connectivity index is 0.000000145. The number of carboxylic acid groups (broad SMARTS) is 1. The predicted octanol–water partition coefficient (Wildman–Crippen LogP) is 12.6. The van der Waals surface area contributed by atoms with Crippen LogP contribution < -0.4 is 30.7 Å². The summed E-state index contributed by atoms with van der Waals surface area (Å²) in [6.07, 6.45) is 14.9. The van der Waals surface area contributed by atoms with Crippen LogP contribution in [-0.4, -0.2) is 196 Å². The van der Waals surface area contributed by atoms with E-state index in [-0.39, 0.29) is 42.7 Å². The number of nitrogens with zero attached hydrogens (tertiary/aromatic N) is 14. The van der Waals surface area contributed by atoms with Gasteiger partial charge in [0.05, 0.1) is 64.9 Å². The number of fused-ring (bicyclic) bond motifs is 4. The number of benzene rings is 3. The van der Waals surface area contributed by atoms with E-state index in [1.807, 2.05) is 41.0 Å². The number of amides is 3. The van der Waals surface area contributed by atoms with Gasteiger partial charge in [0.15, 0.2) is 0 Å². The molecule has 0 spiro atoms. The smallest absolute Gasteiger partial charge is 0.407 e. The van der Waals surface area contributed by atoms with Gasteiger partial charge in [0.25, 0.3) is 0 Å². The number of carboxylic acids is 1. The van der Waals surface area contributed by atoms with Crippen LogP contribution in [0.2, 0.25) is 15.1 Å². The lowest BCUT2D eigenvalue weighted by molar-refractivity contribution is -0.139. The van der Waals surface area contributed by atoms with E-state index < -0.39 is 53.9 Å². The van der Waals surface area contributed by atoms with E-state index in [1.165, 1.54) is 62.3 Å². The molecule has 4 aliphatic carbocycles. The highest BCUT2D eigenvalue weighted by Crippen LogP contribution is 2.47. The first-order valence-corrected chi connectivity index (χ1v) is 40.7. The molecule has 11 atom stereocenters. The van der Waals surface area contributed by atoms with Crippen molar-refractivity contribution < 1.29 is 49.4 Å². The fourth-order valence-electron chi connectivity index (χ4n) is 16.6. The average molecular weight is 1600 g/mol. The Labute approximate surface area is 671 Å². The highest BCUT2D eigenvalue weighted by molar-refractivity contribution is 6.31. The largest absolute Gasteiger partial charge is 0.481 e. The van der Waals surface area contributed by atoms with Crippen molar-refractivity contribution in [1.82, 2.24) is 55.0 Å². The summed E-state index contributed by atoms with van der Waals surface area (Å²) in [6.45, 7) is 25.3. The molecule has 4 aromatic heterocycles. The van der Waals surface area contributed by atoms with Crippen LogP contribution in [0.5, 0.6) is 0 Å². The molecule has 0 unspecified atom stereocenters. The van der Waals surface area contributed by atoms with Gasteiger partial charge < -0.3 is 70.7 Å². The summed E-state index contributed by atoms with van der Waals surface area (Å²) in [5.41, 5.74) is 15.3. The summed E-state index contributed by atoms with van der Waals surface area (Å²) in [7, 11) is 0. The number of aliphatic hydroxyl groups excluding tert-OH is 4. The van der Waals surface area contributed by atoms with Gasteiger partial charge in [-0.15, -0.1) is 0 Å². The van der Waals surface area contributed by atoms with Gasteiger partial charge in [-0.05, 0) is 168 Å². The second-order valence-corrected chi connectivity index (χ2v) is 32.8. The van der Waals surface area contributed by atoms with Gasteiger partial charge in [-0.1, -0.05) is 106 Å². The molecule has 0 radical (unpaired) electrons. The monoisotopic (exact) mass is 1590 g/mol. The van der Waals surface area contributed by atoms with E-state index in [9.17, 15) is 39.6 Å². The number of carbonyl (C=O) groups is 4. The molecule has 602 valence electrons. The molecule has 0 saturated carbocycles. The van der Waals surface area contributed by atoms with Crippen LogP contribution in [0.25, 0.3) is 0 Å². The van der Waals surface area contributed by atoms with Crippen molar-refractivity contribution in [3.05, 3.63) is 175 Å². The number of nitrogens with one attached hydrogen (secondary N) is 1. The first-order chi connectivity index (χ1) is 53.7. The Morgan fingerprint density at radius 2 is 0.732 bits per heavy atom. The summed E-state index contributed by atoms with van der Waals surface area (Å²) >= 11 is 17.7. The number of anilines is 4. The number of aliphatic hydroxyl groups is 4. The van der Waals surface area contributed by atoms with E-state index in [0.29, 0.717) is 104 Å². The maximum Gasteiger partial charge on any atom is 0.407 e. The van der Waals surface area contributed by atoms with Gasteiger partial charge in [0, 0.05) is 129 Å². The van der Waals surface area contributed by atoms with Crippen molar-refractivity contribution in [3.63, 3.8) is 0 Å². The van der Waals surface area contributed by atoms with Gasteiger partial charge in [0.1, 0.15) is 54.2 Å². The number of nitrogens with two attached hydrogens (primary N) is 1. The summed E-state index contributed by atoms with van der Waals surface area (Å²) in [5.74, 6) is 2.86. The lowest BCUT2D eigenvalue weighted by atomic mass is 9.97. The second kappa shape index (κ2) is 38.6. The van der Waals surface area contributed by atoms with Crippen LogP contribution in [0, 0.1) is 0 Å². The molecule has 7 aromatic rings. The van der Waals surface area contributed by atoms with Gasteiger partial charge in [-0.2, -0.15) is 0 Å². The third-order valence-corrected chi connectivity index (χ3v) is 23.2. The van der Waals surface area contributed by atoms with Crippen LogP contribution in [0.4, 0.5) is 28.1 Å². The molecular weight excluding hydrogens is 1490 g/mol. The second-order valence-electron chi connectivity index (χ2n) is 31.5. The van der Waals surface area contributed by atoms with Crippen molar-refractivity contribution in [1.29, 1.82) is 0 Å². The molecule has 8 N–H and O–H groups in total. The minimum atomic E-state index is -0.787. The number of hydrogen-bond donors (Lipinski definition) is 7. The Morgan fingerprint density at radius 1 is 0.446 bits per heavy atom. The number of hydrogen-bond acceptors (Lipinski definition) is 22. The quantitative estimate of drug-likeness (QED) is 0.0532. The van der Waals surface area contributed by atoms with Crippen molar-refractivity contribution in [3.8, 4) is 0 Å². The number of aliphatic carboxylic acids is 1. The fraction of sp³-hybridized carbons (Fsp3) is 0.542. The standard InChI is InChI=1S/C26H34ClN5O4.C21H26ClN5O2.2C13H19N3O.C10H11ClO2/c1-16-13-20(33)22-21(16)23(30-15-29-22)31-9-11-32(12-10-31)24(34)19(17-5-7-18(27)8-6-17)14-28-25(35)36-26(2,3)4;1-13-10-17(28)19-18(13)20(25-12-24-19)26-6-8-27(9-7-26)21(29)16(11-23)14-2-4-15(22)5-3-14;2*1-9-7-10(17)12-11(9)13(15-8-14-12)16-5-3-2-4-6-16;1-2-9(10(12)13)7-3-5-8(11)6-4-7/h5-8,15-16,19-20,33H,9-14H2,1-4H3,(H,28,35);2-5,12-13,16-17,28H,6-11,23H2,1H3;2*8-10,17H,2-7H2,1H3;3-6,9H,2H2,1H3,(H,12,13)/t16-,19-,20-;13-,16-,17-;2*9-,10-;9-/m11111/s1. The Kier molecular flexibility index (Phi) is 29.1. The lowest BCUT2D eigenvalue weighted by Crippen LogP contribution is -2.51. The number of rotatable bonds is 14. The van der Waals surface area contributed by atoms with E-state index in [0.717, 1.165) is 107 Å². The van der Waals surface area contributed by atoms with Crippen LogP contribution in [0.1, 0.15) is 254 Å². The summed E-state index contributed by atoms with van der Waals surface area (Å²) < 4.78 is 5.35. The van der Waals surface area contributed by atoms with E-state index in [4.69, 9.17) is 50.4 Å². The lowest BCUT2D eigenvalue weighted by Gasteiger charge is -2.38. The number of carbonyl (C=O) groups excluding carboxylic acids is 3. The molecule has 112 heavy (non-hydrogen) atoms. The Hall–Kier alpha value is -8.47. The number of halogens is 3. The topological polar surface area (TPSA) is 339 Å². The predicted molar refractivity (Wildman–Crippen MR) is 434 cm³/mol. The maximum atomic E-state index is 13.6. The Morgan fingerprint density at radius 3 is 1.02 bits per heavy atom. The van der Waals surface area contributed by atoms with E-state index >= 15 is 0 Å². The molecule has 29 heteroatoms. The molecule has 26 nitrogen and oxygen atoms in total. The van der Waals surface area contributed by atoms with Crippen molar-refractivity contribution in [2.75, 3.05) is 111 Å². The van der Waals surface area contributed by atoms with Gasteiger partial charge in [-0.3, -0.25) is 14.4 Å². The molecule has 0 bridgehead atoms. The summed E-state index contributed by atoms with van der Waals surface area (Å²) in [5, 5.41) is 53.9. The molecule has 15 rings (SSSR count). The molecule has 4 fully saturated rings.